The highest BCUT2D eigenvalue weighted by atomic mass is 35.5. The molecule has 1 atom stereocenters. The lowest BCUT2D eigenvalue weighted by Crippen LogP contribution is -2.36. The van der Waals surface area contributed by atoms with Gasteiger partial charge in [0.1, 0.15) is 5.50 Å². The fourth-order valence-electron chi connectivity index (χ4n) is 1.47. The van der Waals surface area contributed by atoms with E-state index >= 15 is 0 Å². The number of carbonyl (C=O) groups is 1. The molecule has 0 spiro atoms. The van der Waals surface area contributed by atoms with Gasteiger partial charge in [-0.15, -0.1) is 0 Å². The van der Waals surface area contributed by atoms with Gasteiger partial charge in [0.25, 0.3) is 0 Å². The van der Waals surface area contributed by atoms with Crippen LogP contribution < -0.4 is 0 Å². The van der Waals surface area contributed by atoms with Crippen molar-refractivity contribution < 1.29 is 14.3 Å². The normalized spacial score (nSPS) is 21.5. The third-order valence-electron chi connectivity index (χ3n) is 2.33. The Morgan fingerprint density at radius 3 is 2.53 bits per heavy atom. The van der Waals surface area contributed by atoms with Crippen LogP contribution in [0.4, 0.5) is 4.79 Å². The molecule has 1 aliphatic heterocycles. The van der Waals surface area contributed by atoms with Crippen LogP contribution in [0.3, 0.4) is 0 Å². The molecule has 15 heavy (non-hydrogen) atoms. The Kier molecular flexibility index (Phi) is 5.14. The van der Waals surface area contributed by atoms with E-state index in [0.29, 0.717) is 32.8 Å². The number of alkyl halides is 1. The predicted molar refractivity (Wildman–Crippen MR) is 57.1 cm³/mol. The maximum Gasteiger partial charge on any atom is 0.321 e. The van der Waals surface area contributed by atoms with E-state index in [1.165, 1.54) is 0 Å². The quantitative estimate of drug-likeness (QED) is 0.501. The number of ether oxygens (including phenoxy) is 2. The lowest BCUT2D eigenvalue weighted by molar-refractivity contribution is 0.141. The standard InChI is InChI=1S/C9H17ClN2O3/c1-14-5-3-11-7-8(10)12(9(11)13)4-6-15-2/h8H,3-7H2,1-2H3. The summed E-state index contributed by atoms with van der Waals surface area (Å²) in [4.78, 5) is 15.1. The third kappa shape index (κ3) is 3.22. The largest absolute Gasteiger partial charge is 0.383 e. The van der Waals surface area contributed by atoms with Crippen molar-refractivity contribution in [1.82, 2.24) is 9.80 Å². The van der Waals surface area contributed by atoms with E-state index in [1.807, 2.05) is 0 Å². The molecule has 1 aliphatic rings. The molecule has 0 saturated carbocycles. The molecule has 0 bridgehead atoms. The van der Waals surface area contributed by atoms with Gasteiger partial charge >= 0.3 is 6.03 Å². The zero-order chi connectivity index (χ0) is 11.3. The Morgan fingerprint density at radius 2 is 1.93 bits per heavy atom. The van der Waals surface area contributed by atoms with Gasteiger partial charge in [0.2, 0.25) is 0 Å². The molecule has 5 nitrogen and oxygen atoms in total. The summed E-state index contributed by atoms with van der Waals surface area (Å²) in [5, 5.41) is 0. The van der Waals surface area contributed by atoms with Crippen LogP contribution in [0.15, 0.2) is 0 Å². The average Bonchev–Trinajstić information content (AvgIpc) is 2.49. The molecule has 1 unspecified atom stereocenters. The first-order valence-corrected chi connectivity index (χ1v) is 5.31. The van der Waals surface area contributed by atoms with E-state index in [9.17, 15) is 4.79 Å². The van der Waals surface area contributed by atoms with Crippen molar-refractivity contribution in [3.05, 3.63) is 0 Å². The molecule has 1 fully saturated rings. The van der Waals surface area contributed by atoms with Gasteiger partial charge in [0.05, 0.1) is 19.8 Å². The van der Waals surface area contributed by atoms with Crippen molar-refractivity contribution in [2.45, 2.75) is 5.50 Å². The number of hydrogen-bond donors (Lipinski definition) is 0. The molecule has 0 aliphatic carbocycles. The molecule has 88 valence electrons. The Labute approximate surface area is 94.9 Å². The molecule has 0 N–H and O–H groups in total. The zero-order valence-electron chi connectivity index (χ0n) is 9.11. The Hall–Kier alpha value is -0.520. The number of amides is 2. The van der Waals surface area contributed by atoms with Gasteiger partial charge in [0, 0.05) is 27.3 Å². The molecule has 0 aromatic heterocycles. The molecule has 1 rings (SSSR count). The first kappa shape index (κ1) is 12.5. The molecule has 0 aromatic carbocycles. The van der Waals surface area contributed by atoms with Gasteiger partial charge in [-0.2, -0.15) is 0 Å². The molecule has 0 radical (unpaired) electrons. The molecule has 1 heterocycles. The van der Waals surface area contributed by atoms with Crippen LogP contribution in [-0.4, -0.2) is 68.4 Å². The summed E-state index contributed by atoms with van der Waals surface area (Å²) < 4.78 is 9.84. The summed E-state index contributed by atoms with van der Waals surface area (Å²) >= 11 is 6.05. The minimum Gasteiger partial charge on any atom is -0.383 e. The first-order valence-electron chi connectivity index (χ1n) is 4.88. The van der Waals surface area contributed by atoms with Crippen molar-refractivity contribution in [2.24, 2.45) is 0 Å². The minimum absolute atomic E-state index is 0.0379. The topological polar surface area (TPSA) is 42.0 Å². The second-order valence-electron chi connectivity index (χ2n) is 3.34. The SMILES string of the molecule is COCCN1CC(Cl)N(CCOC)C1=O. The summed E-state index contributed by atoms with van der Waals surface area (Å²) in [6.07, 6.45) is 0. The second-order valence-corrected chi connectivity index (χ2v) is 3.85. The maximum absolute atomic E-state index is 11.8. The second kappa shape index (κ2) is 6.15. The van der Waals surface area contributed by atoms with E-state index in [-0.39, 0.29) is 11.5 Å². The van der Waals surface area contributed by atoms with Gasteiger partial charge in [-0.05, 0) is 0 Å². The molecule has 1 saturated heterocycles. The summed E-state index contributed by atoms with van der Waals surface area (Å²) in [6.45, 7) is 2.71. The molecular weight excluding hydrogens is 220 g/mol. The maximum atomic E-state index is 11.8. The molecule has 6 heteroatoms. The van der Waals surface area contributed by atoms with E-state index in [0.717, 1.165) is 0 Å². The van der Waals surface area contributed by atoms with E-state index in [2.05, 4.69) is 0 Å². The number of carbonyl (C=O) groups excluding carboxylic acids is 1. The van der Waals surface area contributed by atoms with Gasteiger partial charge in [-0.3, -0.25) is 0 Å². The lowest BCUT2D eigenvalue weighted by atomic mass is 10.5. The van der Waals surface area contributed by atoms with Crippen LogP contribution in [0.5, 0.6) is 0 Å². The van der Waals surface area contributed by atoms with E-state index in [4.69, 9.17) is 21.1 Å². The van der Waals surface area contributed by atoms with Gasteiger partial charge in [-0.1, -0.05) is 11.6 Å². The van der Waals surface area contributed by atoms with Crippen LogP contribution in [-0.2, 0) is 9.47 Å². The first-order chi connectivity index (χ1) is 7.20. The average molecular weight is 237 g/mol. The van der Waals surface area contributed by atoms with Crippen LogP contribution in [0.1, 0.15) is 0 Å². The Bertz CT molecular complexity index is 216. The number of nitrogens with zero attached hydrogens (tertiary/aromatic N) is 2. The number of methoxy groups -OCH3 is 2. The van der Waals surface area contributed by atoms with Crippen LogP contribution in [0.2, 0.25) is 0 Å². The van der Waals surface area contributed by atoms with Crippen molar-refractivity contribution in [1.29, 1.82) is 0 Å². The van der Waals surface area contributed by atoms with Crippen molar-refractivity contribution in [3.8, 4) is 0 Å². The predicted octanol–water partition coefficient (Wildman–Crippen LogP) is 0.582. The van der Waals surface area contributed by atoms with Gasteiger partial charge in [0.15, 0.2) is 0 Å². The highest BCUT2D eigenvalue weighted by Crippen LogP contribution is 2.18. The van der Waals surface area contributed by atoms with Crippen LogP contribution in [0.25, 0.3) is 0 Å². The molecule has 2 amide bonds. The van der Waals surface area contributed by atoms with E-state index in [1.54, 1.807) is 24.0 Å². The summed E-state index contributed by atoms with van der Waals surface area (Å²) in [6, 6.07) is -0.0379. The fraction of sp³-hybridized carbons (Fsp3) is 0.889. The van der Waals surface area contributed by atoms with Crippen molar-refractivity contribution in [3.63, 3.8) is 0 Å². The molecule has 0 aromatic rings. The lowest BCUT2D eigenvalue weighted by Gasteiger charge is -2.18. The van der Waals surface area contributed by atoms with Crippen molar-refractivity contribution >= 4 is 17.6 Å². The monoisotopic (exact) mass is 236 g/mol. The summed E-state index contributed by atoms with van der Waals surface area (Å²) in [5.41, 5.74) is -0.260. The van der Waals surface area contributed by atoms with Crippen molar-refractivity contribution in [2.75, 3.05) is 47.1 Å². The van der Waals surface area contributed by atoms with Gasteiger partial charge < -0.3 is 19.3 Å². The smallest absolute Gasteiger partial charge is 0.321 e. The van der Waals surface area contributed by atoms with Crippen LogP contribution >= 0.6 is 11.6 Å². The zero-order valence-corrected chi connectivity index (χ0v) is 9.87. The third-order valence-corrected chi connectivity index (χ3v) is 2.70. The number of halogens is 1. The fourth-order valence-corrected chi connectivity index (χ4v) is 1.82. The highest BCUT2D eigenvalue weighted by Gasteiger charge is 2.35. The highest BCUT2D eigenvalue weighted by molar-refractivity contribution is 6.22. The summed E-state index contributed by atoms with van der Waals surface area (Å²) in [7, 11) is 3.22. The van der Waals surface area contributed by atoms with Crippen LogP contribution in [0, 0.1) is 0 Å². The Morgan fingerprint density at radius 1 is 1.33 bits per heavy atom. The Balaban J connectivity index is 2.42. The number of urea groups is 1. The summed E-state index contributed by atoms with van der Waals surface area (Å²) in [5.74, 6) is 0. The van der Waals surface area contributed by atoms with Gasteiger partial charge in [-0.25, -0.2) is 4.79 Å². The number of rotatable bonds is 6. The number of hydrogen-bond acceptors (Lipinski definition) is 3. The van der Waals surface area contributed by atoms with E-state index < -0.39 is 0 Å². The molecular formula is C9H17ClN2O3. The minimum atomic E-state index is -0.260.